The Labute approximate surface area is 113 Å². The Bertz CT molecular complexity index is 581. The monoisotopic (exact) mass is 259 g/mol. The SMILES string of the molecule is Cc1ccccc1N(C)c1cccc(F)c1[C@@H](C)O. The summed E-state index contributed by atoms with van der Waals surface area (Å²) >= 11 is 0. The van der Waals surface area contributed by atoms with E-state index in [9.17, 15) is 9.50 Å². The molecule has 0 spiro atoms. The Kier molecular flexibility index (Phi) is 3.86. The molecule has 0 unspecified atom stereocenters. The fraction of sp³-hybridized carbons (Fsp3) is 0.250. The number of hydrogen-bond donors (Lipinski definition) is 1. The van der Waals surface area contributed by atoms with Crippen LogP contribution in [0.3, 0.4) is 0 Å². The molecule has 1 N–H and O–H groups in total. The first-order valence-electron chi connectivity index (χ1n) is 6.28. The predicted octanol–water partition coefficient (Wildman–Crippen LogP) is 3.96. The van der Waals surface area contributed by atoms with Gasteiger partial charge in [-0.25, -0.2) is 4.39 Å². The van der Waals surface area contributed by atoms with Crippen molar-refractivity contribution in [1.82, 2.24) is 0 Å². The van der Waals surface area contributed by atoms with Crippen LogP contribution >= 0.6 is 0 Å². The third kappa shape index (κ3) is 2.61. The highest BCUT2D eigenvalue weighted by molar-refractivity contribution is 5.68. The first kappa shape index (κ1) is 13.6. The zero-order chi connectivity index (χ0) is 14.0. The zero-order valence-corrected chi connectivity index (χ0v) is 11.4. The quantitative estimate of drug-likeness (QED) is 0.902. The van der Waals surface area contributed by atoms with Crippen LogP contribution in [-0.2, 0) is 0 Å². The van der Waals surface area contributed by atoms with Crippen molar-refractivity contribution in [3.8, 4) is 0 Å². The van der Waals surface area contributed by atoms with E-state index in [0.717, 1.165) is 11.3 Å². The van der Waals surface area contributed by atoms with Gasteiger partial charge < -0.3 is 10.0 Å². The maximum Gasteiger partial charge on any atom is 0.131 e. The van der Waals surface area contributed by atoms with Gasteiger partial charge in [-0.15, -0.1) is 0 Å². The van der Waals surface area contributed by atoms with E-state index in [1.165, 1.54) is 6.07 Å². The average molecular weight is 259 g/mol. The average Bonchev–Trinajstić information content (AvgIpc) is 2.37. The molecule has 0 saturated heterocycles. The summed E-state index contributed by atoms with van der Waals surface area (Å²) in [6.45, 7) is 3.58. The number of benzene rings is 2. The molecule has 2 aromatic carbocycles. The van der Waals surface area contributed by atoms with Crippen LogP contribution in [0.15, 0.2) is 42.5 Å². The van der Waals surface area contributed by atoms with Crippen LogP contribution in [0, 0.1) is 12.7 Å². The number of para-hydroxylation sites is 1. The fourth-order valence-corrected chi connectivity index (χ4v) is 2.30. The molecular formula is C16H18FNO. The minimum absolute atomic E-state index is 0.327. The van der Waals surface area contributed by atoms with Gasteiger partial charge in [0, 0.05) is 24.0 Å². The van der Waals surface area contributed by atoms with Crippen LogP contribution in [0.25, 0.3) is 0 Å². The van der Waals surface area contributed by atoms with E-state index in [-0.39, 0.29) is 5.82 Å². The smallest absolute Gasteiger partial charge is 0.131 e. The van der Waals surface area contributed by atoms with Crippen molar-refractivity contribution < 1.29 is 9.50 Å². The van der Waals surface area contributed by atoms with Crippen LogP contribution in [-0.4, -0.2) is 12.2 Å². The summed E-state index contributed by atoms with van der Waals surface area (Å²) in [5.41, 5.74) is 3.11. The molecule has 0 fully saturated rings. The van der Waals surface area contributed by atoms with Crippen molar-refractivity contribution in [2.75, 3.05) is 11.9 Å². The molecule has 2 nitrogen and oxygen atoms in total. The largest absolute Gasteiger partial charge is 0.389 e. The molecular weight excluding hydrogens is 241 g/mol. The summed E-state index contributed by atoms with van der Waals surface area (Å²) in [5.74, 6) is -0.382. The topological polar surface area (TPSA) is 23.5 Å². The van der Waals surface area contributed by atoms with Crippen molar-refractivity contribution in [2.45, 2.75) is 20.0 Å². The minimum Gasteiger partial charge on any atom is -0.389 e. The van der Waals surface area contributed by atoms with E-state index in [1.54, 1.807) is 13.0 Å². The van der Waals surface area contributed by atoms with E-state index >= 15 is 0 Å². The van der Waals surface area contributed by atoms with E-state index in [2.05, 4.69) is 0 Å². The van der Waals surface area contributed by atoms with Crippen molar-refractivity contribution in [3.05, 3.63) is 59.4 Å². The number of aliphatic hydroxyl groups is 1. The molecule has 3 heteroatoms. The number of nitrogens with zero attached hydrogens (tertiary/aromatic N) is 1. The number of hydrogen-bond acceptors (Lipinski definition) is 2. The van der Waals surface area contributed by atoms with Crippen molar-refractivity contribution in [2.24, 2.45) is 0 Å². The van der Waals surface area contributed by atoms with Gasteiger partial charge in [0.05, 0.1) is 6.10 Å². The minimum atomic E-state index is -0.845. The van der Waals surface area contributed by atoms with Gasteiger partial charge >= 0.3 is 0 Å². The maximum absolute atomic E-state index is 13.9. The molecule has 0 saturated carbocycles. The van der Waals surface area contributed by atoms with Crippen molar-refractivity contribution in [3.63, 3.8) is 0 Å². The van der Waals surface area contributed by atoms with E-state index in [1.807, 2.05) is 49.2 Å². The lowest BCUT2D eigenvalue weighted by molar-refractivity contribution is 0.194. The molecule has 0 aliphatic heterocycles. The second-order valence-electron chi connectivity index (χ2n) is 4.69. The molecule has 0 aliphatic rings. The maximum atomic E-state index is 13.9. The molecule has 19 heavy (non-hydrogen) atoms. The number of aryl methyl sites for hydroxylation is 1. The molecule has 0 bridgehead atoms. The second kappa shape index (κ2) is 5.41. The summed E-state index contributed by atoms with van der Waals surface area (Å²) in [5, 5.41) is 9.78. The van der Waals surface area contributed by atoms with Crippen LogP contribution in [0.5, 0.6) is 0 Å². The molecule has 0 radical (unpaired) electrons. The van der Waals surface area contributed by atoms with E-state index in [4.69, 9.17) is 0 Å². The van der Waals surface area contributed by atoms with Gasteiger partial charge in [0.2, 0.25) is 0 Å². The molecule has 0 amide bonds. The molecule has 2 aromatic rings. The van der Waals surface area contributed by atoms with Gasteiger partial charge in [-0.2, -0.15) is 0 Å². The Morgan fingerprint density at radius 1 is 1.05 bits per heavy atom. The fourth-order valence-electron chi connectivity index (χ4n) is 2.30. The van der Waals surface area contributed by atoms with Crippen molar-refractivity contribution >= 4 is 11.4 Å². The molecule has 0 heterocycles. The summed E-state index contributed by atoms with van der Waals surface area (Å²) < 4.78 is 13.9. The Morgan fingerprint density at radius 3 is 2.32 bits per heavy atom. The van der Waals surface area contributed by atoms with Crippen LogP contribution < -0.4 is 4.90 Å². The summed E-state index contributed by atoms with van der Waals surface area (Å²) in [7, 11) is 1.88. The summed E-state index contributed by atoms with van der Waals surface area (Å²) in [6, 6.07) is 12.7. The van der Waals surface area contributed by atoms with Crippen LogP contribution in [0.1, 0.15) is 24.2 Å². The lowest BCUT2D eigenvalue weighted by Gasteiger charge is -2.25. The Hall–Kier alpha value is -1.87. The normalized spacial score (nSPS) is 12.3. The molecule has 100 valence electrons. The number of anilines is 2. The van der Waals surface area contributed by atoms with Gasteiger partial charge in [0.1, 0.15) is 5.82 Å². The highest BCUT2D eigenvalue weighted by Gasteiger charge is 2.17. The molecule has 0 aromatic heterocycles. The van der Waals surface area contributed by atoms with Crippen LogP contribution in [0.2, 0.25) is 0 Å². The van der Waals surface area contributed by atoms with Crippen LogP contribution in [0.4, 0.5) is 15.8 Å². The van der Waals surface area contributed by atoms with E-state index in [0.29, 0.717) is 11.3 Å². The van der Waals surface area contributed by atoms with E-state index < -0.39 is 6.10 Å². The molecule has 1 atom stereocenters. The lowest BCUT2D eigenvalue weighted by atomic mass is 10.1. The zero-order valence-electron chi connectivity index (χ0n) is 11.4. The highest BCUT2D eigenvalue weighted by Crippen LogP contribution is 2.33. The number of halogens is 1. The van der Waals surface area contributed by atoms with Gasteiger partial charge in [-0.1, -0.05) is 24.3 Å². The van der Waals surface area contributed by atoms with Gasteiger partial charge in [-0.05, 0) is 37.6 Å². The number of rotatable bonds is 3. The highest BCUT2D eigenvalue weighted by atomic mass is 19.1. The predicted molar refractivity (Wildman–Crippen MR) is 76.3 cm³/mol. The van der Waals surface area contributed by atoms with Gasteiger partial charge in [0.25, 0.3) is 0 Å². The molecule has 0 aliphatic carbocycles. The number of aliphatic hydroxyl groups excluding tert-OH is 1. The Morgan fingerprint density at radius 2 is 1.68 bits per heavy atom. The first-order valence-corrected chi connectivity index (χ1v) is 6.28. The van der Waals surface area contributed by atoms with Gasteiger partial charge in [-0.3, -0.25) is 0 Å². The standard InChI is InChI=1S/C16H18FNO/c1-11-7-4-5-9-14(11)18(3)15-10-6-8-13(17)16(15)12(2)19/h4-10,12,19H,1-3H3/t12-/m1/s1. The lowest BCUT2D eigenvalue weighted by Crippen LogP contribution is -2.15. The van der Waals surface area contributed by atoms with Gasteiger partial charge in [0.15, 0.2) is 0 Å². The third-order valence-electron chi connectivity index (χ3n) is 3.29. The second-order valence-corrected chi connectivity index (χ2v) is 4.69. The summed E-state index contributed by atoms with van der Waals surface area (Å²) in [4.78, 5) is 1.90. The first-order chi connectivity index (χ1) is 9.02. The summed E-state index contributed by atoms with van der Waals surface area (Å²) in [6.07, 6.45) is -0.845. The molecule has 2 rings (SSSR count). The Balaban J connectivity index is 2.54. The van der Waals surface area contributed by atoms with Crippen molar-refractivity contribution in [1.29, 1.82) is 0 Å². The third-order valence-corrected chi connectivity index (χ3v) is 3.29.